The maximum absolute atomic E-state index is 2.62. The van der Waals surface area contributed by atoms with Gasteiger partial charge in [0.1, 0.15) is 0 Å². The third kappa shape index (κ3) is 1.39. The molecule has 1 saturated carbocycles. The van der Waals surface area contributed by atoms with Crippen molar-refractivity contribution in [2.75, 3.05) is 7.05 Å². The molecule has 2 fully saturated rings. The van der Waals surface area contributed by atoms with Gasteiger partial charge < -0.3 is 4.90 Å². The Morgan fingerprint density at radius 1 is 1.08 bits per heavy atom. The maximum Gasteiger partial charge on any atom is 0.0124 e. The summed E-state index contributed by atoms with van der Waals surface area (Å²) in [5.74, 6) is 1.03. The molecule has 1 heterocycles. The molecule has 70 valence electrons. The zero-order chi connectivity index (χ0) is 8.55. The third-order valence-corrected chi connectivity index (χ3v) is 3.98. The SMILES string of the molecule is CC1CC2CCCCCC2N1C. The molecule has 1 aliphatic carbocycles. The molecule has 0 spiro atoms. The van der Waals surface area contributed by atoms with Crippen molar-refractivity contribution in [2.24, 2.45) is 5.92 Å². The molecule has 12 heavy (non-hydrogen) atoms. The average Bonchev–Trinajstić information content (AvgIpc) is 2.30. The van der Waals surface area contributed by atoms with Gasteiger partial charge in [0.05, 0.1) is 0 Å². The number of hydrogen-bond acceptors (Lipinski definition) is 1. The smallest absolute Gasteiger partial charge is 0.0124 e. The molecule has 0 N–H and O–H groups in total. The zero-order valence-corrected chi connectivity index (χ0v) is 8.42. The number of fused-ring (bicyclic) bond motifs is 1. The molecule has 1 aliphatic heterocycles. The van der Waals surface area contributed by atoms with Gasteiger partial charge in [0, 0.05) is 12.1 Å². The van der Waals surface area contributed by atoms with E-state index in [1.54, 1.807) is 0 Å². The van der Waals surface area contributed by atoms with Gasteiger partial charge in [-0.2, -0.15) is 0 Å². The Morgan fingerprint density at radius 2 is 1.83 bits per heavy atom. The molecule has 2 aliphatic rings. The molecular weight excluding hydrogens is 146 g/mol. The van der Waals surface area contributed by atoms with E-state index in [1.165, 1.54) is 38.5 Å². The summed E-state index contributed by atoms with van der Waals surface area (Å²) in [6.45, 7) is 2.38. The van der Waals surface area contributed by atoms with Crippen molar-refractivity contribution in [1.29, 1.82) is 0 Å². The summed E-state index contributed by atoms with van der Waals surface area (Å²) in [5, 5.41) is 0. The highest BCUT2D eigenvalue weighted by molar-refractivity contribution is 4.91. The molecular formula is C11H21N. The Bertz CT molecular complexity index is 155. The fraction of sp³-hybridized carbons (Fsp3) is 1.00. The molecule has 2 rings (SSSR count). The Labute approximate surface area is 76.1 Å². The molecule has 3 unspecified atom stereocenters. The standard InChI is InChI=1S/C11H21N/c1-9-8-10-6-4-3-5-7-11(10)12(9)2/h9-11H,3-8H2,1-2H3. The Morgan fingerprint density at radius 3 is 2.67 bits per heavy atom. The summed E-state index contributed by atoms with van der Waals surface area (Å²) in [6.07, 6.45) is 8.86. The zero-order valence-electron chi connectivity index (χ0n) is 8.42. The maximum atomic E-state index is 2.62. The molecule has 0 amide bonds. The summed E-state index contributed by atoms with van der Waals surface area (Å²) in [4.78, 5) is 2.62. The molecule has 0 radical (unpaired) electrons. The summed E-state index contributed by atoms with van der Waals surface area (Å²) < 4.78 is 0. The van der Waals surface area contributed by atoms with E-state index < -0.39 is 0 Å². The van der Waals surface area contributed by atoms with Crippen LogP contribution in [-0.2, 0) is 0 Å². The summed E-state index contributed by atoms with van der Waals surface area (Å²) in [6, 6.07) is 1.78. The van der Waals surface area contributed by atoms with Crippen LogP contribution in [0.15, 0.2) is 0 Å². The van der Waals surface area contributed by atoms with Crippen molar-refractivity contribution in [1.82, 2.24) is 4.90 Å². The Balaban J connectivity index is 2.04. The van der Waals surface area contributed by atoms with Crippen LogP contribution in [0.1, 0.15) is 45.4 Å². The van der Waals surface area contributed by atoms with E-state index in [0.29, 0.717) is 0 Å². The van der Waals surface area contributed by atoms with Crippen molar-refractivity contribution in [2.45, 2.75) is 57.5 Å². The lowest BCUT2D eigenvalue weighted by Crippen LogP contribution is -2.32. The van der Waals surface area contributed by atoms with Crippen LogP contribution >= 0.6 is 0 Å². The number of nitrogens with zero attached hydrogens (tertiary/aromatic N) is 1. The van der Waals surface area contributed by atoms with E-state index in [4.69, 9.17) is 0 Å². The van der Waals surface area contributed by atoms with Gasteiger partial charge in [0.25, 0.3) is 0 Å². The van der Waals surface area contributed by atoms with Crippen LogP contribution in [0.25, 0.3) is 0 Å². The highest BCUT2D eigenvalue weighted by Gasteiger charge is 2.36. The minimum absolute atomic E-state index is 0.845. The van der Waals surface area contributed by atoms with Crippen molar-refractivity contribution >= 4 is 0 Å². The van der Waals surface area contributed by atoms with Gasteiger partial charge in [-0.15, -0.1) is 0 Å². The van der Waals surface area contributed by atoms with Crippen molar-refractivity contribution in [3.8, 4) is 0 Å². The van der Waals surface area contributed by atoms with Crippen LogP contribution in [0, 0.1) is 5.92 Å². The minimum Gasteiger partial charge on any atom is -0.300 e. The molecule has 3 atom stereocenters. The molecule has 0 aromatic rings. The first-order valence-electron chi connectivity index (χ1n) is 5.51. The highest BCUT2D eigenvalue weighted by atomic mass is 15.2. The van der Waals surface area contributed by atoms with E-state index in [-0.39, 0.29) is 0 Å². The molecule has 1 heteroatoms. The van der Waals surface area contributed by atoms with Crippen LogP contribution in [0.3, 0.4) is 0 Å². The second kappa shape index (κ2) is 3.37. The summed E-state index contributed by atoms with van der Waals surface area (Å²) in [5.41, 5.74) is 0. The van der Waals surface area contributed by atoms with E-state index >= 15 is 0 Å². The average molecular weight is 167 g/mol. The van der Waals surface area contributed by atoms with E-state index in [0.717, 1.165) is 18.0 Å². The van der Waals surface area contributed by atoms with E-state index in [9.17, 15) is 0 Å². The first kappa shape index (κ1) is 8.55. The van der Waals surface area contributed by atoms with E-state index in [1.807, 2.05) is 0 Å². The van der Waals surface area contributed by atoms with Gasteiger partial charge in [0.15, 0.2) is 0 Å². The molecule has 0 bridgehead atoms. The van der Waals surface area contributed by atoms with Crippen LogP contribution < -0.4 is 0 Å². The predicted molar refractivity (Wildman–Crippen MR) is 52.2 cm³/mol. The van der Waals surface area contributed by atoms with Crippen molar-refractivity contribution in [3.05, 3.63) is 0 Å². The van der Waals surface area contributed by atoms with Crippen LogP contribution in [0.4, 0.5) is 0 Å². The first-order valence-corrected chi connectivity index (χ1v) is 5.51. The lowest BCUT2D eigenvalue weighted by Gasteiger charge is -2.24. The second-order valence-electron chi connectivity index (χ2n) is 4.72. The van der Waals surface area contributed by atoms with Crippen LogP contribution in [0.5, 0.6) is 0 Å². The van der Waals surface area contributed by atoms with Crippen LogP contribution in [-0.4, -0.2) is 24.0 Å². The lowest BCUT2D eigenvalue weighted by atomic mass is 9.95. The molecule has 1 saturated heterocycles. The predicted octanol–water partition coefficient (Wildman–Crippen LogP) is 2.66. The lowest BCUT2D eigenvalue weighted by molar-refractivity contribution is 0.223. The molecule has 0 aromatic heterocycles. The topological polar surface area (TPSA) is 3.24 Å². The first-order chi connectivity index (χ1) is 5.79. The highest BCUT2D eigenvalue weighted by Crippen LogP contribution is 2.37. The Kier molecular flexibility index (Phi) is 2.40. The number of hydrogen-bond donors (Lipinski definition) is 0. The third-order valence-electron chi connectivity index (χ3n) is 3.98. The second-order valence-corrected chi connectivity index (χ2v) is 4.72. The van der Waals surface area contributed by atoms with Gasteiger partial charge in [-0.3, -0.25) is 0 Å². The van der Waals surface area contributed by atoms with Crippen molar-refractivity contribution in [3.63, 3.8) is 0 Å². The number of likely N-dealkylation sites (tertiary alicyclic amines) is 1. The van der Waals surface area contributed by atoms with Gasteiger partial charge in [0.2, 0.25) is 0 Å². The van der Waals surface area contributed by atoms with Crippen LogP contribution in [0.2, 0.25) is 0 Å². The summed E-state index contributed by atoms with van der Waals surface area (Å²) >= 11 is 0. The Hall–Kier alpha value is -0.0400. The molecule has 1 nitrogen and oxygen atoms in total. The fourth-order valence-electron chi connectivity index (χ4n) is 3.11. The summed E-state index contributed by atoms with van der Waals surface area (Å²) in [7, 11) is 2.32. The normalized spacial score (nSPS) is 44.0. The van der Waals surface area contributed by atoms with Gasteiger partial charge in [-0.05, 0) is 39.2 Å². The largest absolute Gasteiger partial charge is 0.300 e. The van der Waals surface area contributed by atoms with Crippen molar-refractivity contribution < 1.29 is 0 Å². The van der Waals surface area contributed by atoms with E-state index in [2.05, 4.69) is 18.9 Å². The van der Waals surface area contributed by atoms with Gasteiger partial charge in [-0.1, -0.05) is 19.3 Å². The van der Waals surface area contributed by atoms with Gasteiger partial charge in [-0.25, -0.2) is 0 Å². The quantitative estimate of drug-likeness (QED) is 0.536. The number of rotatable bonds is 0. The minimum atomic E-state index is 0.845. The van der Waals surface area contributed by atoms with Gasteiger partial charge >= 0.3 is 0 Å². The monoisotopic (exact) mass is 167 g/mol. The fourth-order valence-corrected chi connectivity index (χ4v) is 3.11. The molecule has 0 aromatic carbocycles.